The Labute approximate surface area is 160 Å². The summed E-state index contributed by atoms with van der Waals surface area (Å²) in [5.74, 6) is 6.43. The van der Waals surface area contributed by atoms with Gasteiger partial charge in [0.05, 0.1) is 10.5 Å². The van der Waals surface area contributed by atoms with E-state index in [2.05, 4.69) is 27.1 Å². The molecule has 0 unspecified atom stereocenters. The number of aromatic nitrogens is 2. The quantitative estimate of drug-likeness (QED) is 0.467. The molecule has 27 heavy (non-hydrogen) atoms. The van der Waals surface area contributed by atoms with Crippen molar-refractivity contribution >= 4 is 34.0 Å². The van der Waals surface area contributed by atoms with E-state index in [4.69, 9.17) is 11.6 Å². The van der Waals surface area contributed by atoms with Gasteiger partial charge in [-0.15, -0.1) is 0 Å². The maximum absolute atomic E-state index is 13.4. The molecule has 1 N–H and O–H groups in total. The summed E-state index contributed by atoms with van der Waals surface area (Å²) in [5, 5.41) is 4.03. The molecule has 1 aromatic heterocycles. The van der Waals surface area contributed by atoms with Gasteiger partial charge in [-0.1, -0.05) is 41.6 Å². The zero-order valence-electron chi connectivity index (χ0n) is 14.1. The van der Waals surface area contributed by atoms with Crippen molar-refractivity contribution in [3.05, 3.63) is 95.0 Å². The minimum Gasteiger partial charge on any atom is -0.340 e. The smallest absolute Gasteiger partial charge is 0.141 e. The molecule has 0 aliphatic rings. The molecule has 4 aromatic rings. The third kappa shape index (κ3) is 3.89. The van der Waals surface area contributed by atoms with Gasteiger partial charge >= 0.3 is 0 Å². The fourth-order valence-electron chi connectivity index (χ4n) is 2.61. The molecular weight excluding hydrogens is 361 g/mol. The Balaban J connectivity index is 1.71. The van der Waals surface area contributed by atoms with Crippen molar-refractivity contribution in [2.45, 2.75) is 0 Å². The normalized spacial score (nSPS) is 10.3. The minimum atomic E-state index is -0.465. The van der Waals surface area contributed by atoms with Gasteiger partial charge in [0.1, 0.15) is 18.0 Å². The maximum atomic E-state index is 13.4. The van der Waals surface area contributed by atoms with Gasteiger partial charge in [0, 0.05) is 22.2 Å². The molecule has 0 radical (unpaired) electrons. The molecule has 0 atom stereocenters. The van der Waals surface area contributed by atoms with Crippen molar-refractivity contribution in [2.24, 2.45) is 0 Å². The fraction of sp³-hybridized carbons (Fsp3) is 0. The molecule has 3 aromatic carbocycles. The van der Waals surface area contributed by atoms with Crippen LogP contribution >= 0.6 is 11.6 Å². The first kappa shape index (κ1) is 17.0. The lowest BCUT2D eigenvalue weighted by atomic mass is 10.1. The summed E-state index contributed by atoms with van der Waals surface area (Å²) in [6, 6.07) is 20.0. The van der Waals surface area contributed by atoms with Crippen LogP contribution < -0.4 is 5.32 Å². The Kier molecular flexibility index (Phi) is 4.69. The molecule has 5 heteroatoms. The van der Waals surface area contributed by atoms with Crippen LogP contribution in [0.3, 0.4) is 0 Å². The summed E-state index contributed by atoms with van der Waals surface area (Å²) in [5.41, 5.74) is 3.22. The van der Waals surface area contributed by atoms with E-state index in [0.717, 1.165) is 22.0 Å². The van der Waals surface area contributed by atoms with Crippen LogP contribution in [0.5, 0.6) is 0 Å². The number of anilines is 2. The summed E-state index contributed by atoms with van der Waals surface area (Å²) in [4.78, 5) is 8.60. The lowest BCUT2D eigenvalue weighted by molar-refractivity contribution is 0.628. The summed E-state index contributed by atoms with van der Waals surface area (Å²) in [6.07, 6.45) is 1.48. The van der Waals surface area contributed by atoms with Crippen molar-refractivity contribution in [3.8, 4) is 11.8 Å². The minimum absolute atomic E-state index is 0.0489. The molecule has 0 saturated heterocycles. The van der Waals surface area contributed by atoms with Crippen molar-refractivity contribution in [1.82, 2.24) is 9.97 Å². The summed E-state index contributed by atoms with van der Waals surface area (Å²) < 4.78 is 13.4. The SMILES string of the molecule is Fc1ccc(Nc2ncnc3ccc(C#Cc4ccccc4)cc23)cc1Cl. The van der Waals surface area contributed by atoms with Gasteiger partial charge in [-0.2, -0.15) is 0 Å². The maximum Gasteiger partial charge on any atom is 0.141 e. The third-order valence-corrected chi connectivity index (χ3v) is 4.23. The second-order valence-electron chi connectivity index (χ2n) is 5.82. The molecule has 3 nitrogen and oxygen atoms in total. The van der Waals surface area contributed by atoms with Gasteiger partial charge in [-0.05, 0) is 48.5 Å². The van der Waals surface area contributed by atoms with Crippen molar-refractivity contribution in [1.29, 1.82) is 0 Å². The summed E-state index contributed by atoms with van der Waals surface area (Å²) in [7, 11) is 0. The molecular formula is C22H13ClFN3. The van der Waals surface area contributed by atoms with Crippen LogP contribution in [0.2, 0.25) is 5.02 Å². The summed E-state index contributed by atoms with van der Waals surface area (Å²) >= 11 is 5.86. The van der Waals surface area contributed by atoms with Crippen molar-refractivity contribution < 1.29 is 4.39 Å². The average Bonchev–Trinajstić information content (AvgIpc) is 2.70. The number of fused-ring (bicyclic) bond motifs is 1. The highest BCUT2D eigenvalue weighted by Gasteiger charge is 2.07. The first-order chi connectivity index (χ1) is 13.2. The van der Waals surface area contributed by atoms with Gasteiger partial charge in [0.2, 0.25) is 0 Å². The van der Waals surface area contributed by atoms with Crippen molar-refractivity contribution in [3.63, 3.8) is 0 Å². The number of hydrogen-bond donors (Lipinski definition) is 1. The molecule has 0 aliphatic carbocycles. The Morgan fingerprint density at radius 1 is 0.852 bits per heavy atom. The molecule has 1 heterocycles. The van der Waals surface area contributed by atoms with E-state index in [1.807, 2.05) is 48.5 Å². The summed E-state index contributed by atoms with van der Waals surface area (Å²) in [6.45, 7) is 0. The van der Waals surface area contributed by atoms with Crippen LogP contribution in [0.25, 0.3) is 10.9 Å². The molecule has 0 saturated carbocycles. The number of nitrogens with zero attached hydrogens (tertiary/aromatic N) is 2. The third-order valence-electron chi connectivity index (χ3n) is 3.94. The van der Waals surface area contributed by atoms with Gasteiger partial charge in [0.25, 0.3) is 0 Å². The number of rotatable bonds is 2. The number of benzene rings is 3. The van der Waals surface area contributed by atoms with E-state index in [1.54, 1.807) is 6.07 Å². The van der Waals surface area contributed by atoms with E-state index < -0.39 is 5.82 Å². The molecule has 0 aliphatic heterocycles. The zero-order chi connectivity index (χ0) is 18.6. The van der Waals surface area contributed by atoms with E-state index in [0.29, 0.717) is 11.5 Å². The highest BCUT2D eigenvalue weighted by atomic mass is 35.5. The van der Waals surface area contributed by atoms with Crippen LogP contribution in [0.4, 0.5) is 15.9 Å². The number of hydrogen-bond acceptors (Lipinski definition) is 3. The molecule has 0 fully saturated rings. The van der Waals surface area contributed by atoms with Gasteiger partial charge in [0.15, 0.2) is 0 Å². The van der Waals surface area contributed by atoms with Gasteiger partial charge < -0.3 is 5.32 Å². The van der Waals surface area contributed by atoms with E-state index in [9.17, 15) is 4.39 Å². The molecule has 130 valence electrons. The topological polar surface area (TPSA) is 37.8 Å². The second kappa shape index (κ2) is 7.45. The Bertz CT molecular complexity index is 1180. The van der Waals surface area contributed by atoms with Gasteiger partial charge in [-0.3, -0.25) is 0 Å². The predicted molar refractivity (Wildman–Crippen MR) is 107 cm³/mol. The number of halogens is 2. The van der Waals surface area contributed by atoms with Crippen LogP contribution in [0, 0.1) is 17.7 Å². The molecule has 0 bridgehead atoms. The van der Waals surface area contributed by atoms with E-state index >= 15 is 0 Å². The van der Waals surface area contributed by atoms with Crippen LogP contribution in [0.15, 0.2) is 73.1 Å². The van der Waals surface area contributed by atoms with Gasteiger partial charge in [-0.25, -0.2) is 14.4 Å². The fourth-order valence-corrected chi connectivity index (χ4v) is 2.79. The second-order valence-corrected chi connectivity index (χ2v) is 6.23. The standard InChI is InChI=1S/C22H13ClFN3/c23-19-13-17(9-10-20(19)24)27-22-18-12-16(8-11-21(18)25-14-26-22)7-6-15-4-2-1-3-5-15/h1-5,8-14H,(H,25,26,27). The first-order valence-corrected chi connectivity index (χ1v) is 8.61. The highest BCUT2D eigenvalue weighted by molar-refractivity contribution is 6.31. The Morgan fingerprint density at radius 3 is 2.48 bits per heavy atom. The Hall–Kier alpha value is -3.42. The molecule has 0 amide bonds. The van der Waals surface area contributed by atoms with Crippen LogP contribution in [0.1, 0.15) is 11.1 Å². The lowest BCUT2D eigenvalue weighted by Crippen LogP contribution is -1.96. The predicted octanol–water partition coefficient (Wildman–Crippen LogP) is 5.57. The monoisotopic (exact) mass is 373 g/mol. The van der Waals surface area contributed by atoms with E-state index in [-0.39, 0.29) is 5.02 Å². The molecule has 0 spiro atoms. The average molecular weight is 374 g/mol. The highest BCUT2D eigenvalue weighted by Crippen LogP contribution is 2.26. The molecule has 4 rings (SSSR count). The van der Waals surface area contributed by atoms with Crippen LogP contribution in [-0.2, 0) is 0 Å². The zero-order valence-corrected chi connectivity index (χ0v) is 14.8. The number of nitrogens with one attached hydrogen (secondary N) is 1. The van der Waals surface area contributed by atoms with Crippen molar-refractivity contribution in [2.75, 3.05) is 5.32 Å². The first-order valence-electron chi connectivity index (χ1n) is 8.23. The van der Waals surface area contributed by atoms with E-state index in [1.165, 1.54) is 18.5 Å². The lowest BCUT2D eigenvalue weighted by Gasteiger charge is -2.09. The largest absolute Gasteiger partial charge is 0.340 e. The van der Waals surface area contributed by atoms with Crippen LogP contribution in [-0.4, -0.2) is 9.97 Å². The Morgan fingerprint density at radius 2 is 1.67 bits per heavy atom.